The molecule has 2 rings (SSSR count). The summed E-state index contributed by atoms with van der Waals surface area (Å²) in [7, 11) is 0. The normalized spacial score (nSPS) is 20.0. The van der Waals surface area contributed by atoms with Gasteiger partial charge in [-0.15, -0.1) is 0 Å². The van der Waals surface area contributed by atoms with E-state index < -0.39 is 5.97 Å². The van der Waals surface area contributed by atoms with E-state index in [1.54, 1.807) is 6.20 Å². The number of carboxylic acid groups (broad SMARTS) is 1. The zero-order valence-electron chi connectivity index (χ0n) is 7.68. The summed E-state index contributed by atoms with van der Waals surface area (Å²) in [5.74, 6) is -0.867. The van der Waals surface area contributed by atoms with Crippen molar-refractivity contribution in [2.24, 2.45) is 5.92 Å². The predicted octanol–water partition coefficient (Wildman–Crippen LogP) is 1.96. The van der Waals surface area contributed by atoms with Gasteiger partial charge >= 0.3 is 5.97 Å². The smallest absolute Gasteiger partial charge is 0.307 e. The maximum absolute atomic E-state index is 10.5. The van der Waals surface area contributed by atoms with Gasteiger partial charge in [-0.05, 0) is 31.1 Å². The SMILES string of the molecule is O=C(O)C1CC(=Cc2ccccn2)C1. The fourth-order valence-electron chi connectivity index (χ4n) is 1.54. The summed E-state index contributed by atoms with van der Waals surface area (Å²) in [5, 5.41) is 8.67. The van der Waals surface area contributed by atoms with Gasteiger partial charge in [0.25, 0.3) is 0 Å². The Labute approximate surface area is 82.1 Å². The van der Waals surface area contributed by atoms with Crippen LogP contribution in [0.5, 0.6) is 0 Å². The molecule has 0 atom stereocenters. The maximum Gasteiger partial charge on any atom is 0.307 e. The van der Waals surface area contributed by atoms with E-state index in [9.17, 15) is 4.79 Å². The van der Waals surface area contributed by atoms with Crippen molar-refractivity contribution in [2.45, 2.75) is 12.8 Å². The van der Waals surface area contributed by atoms with Crippen molar-refractivity contribution < 1.29 is 9.90 Å². The van der Waals surface area contributed by atoms with Crippen LogP contribution in [0.1, 0.15) is 18.5 Å². The largest absolute Gasteiger partial charge is 0.481 e. The summed E-state index contributed by atoms with van der Waals surface area (Å²) in [5.41, 5.74) is 2.09. The second kappa shape index (κ2) is 3.62. The molecule has 1 N–H and O–H groups in total. The van der Waals surface area contributed by atoms with E-state index in [1.165, 1.54) is 5.57 Å². The lowest BCUT2D eigenvalue weighted by Crippen LogP contribution is -2.23. The Bertz CT molecular complexity index is 362. The van der Waals surface area contributed by atoms with Gasteiger partial charge < -0.3 is 5.11 Å². The summed E-state index contributed by atoms with van der Waals surface area (Å²) in [4.78, 5) is 14.7. The first-order valence-corrected chi connectivity index (χ1v) is 4.59. The number of allylic oxidation sites excluding steroid dienone is 1. The molecule has 0 saturated heterocycles. The predicted molar refractivity (Wildman–Crippen MR) is 52.6 cm³/mol. The van der Waals surface area contributed by atoms with Gasteiger partial charge in [0, 0.05) is 6.20 Å². The molecule has 0 aromatic carbocycles. The highest BCUT2D eigenvalue weighted by Gasteiger charge is 2.29. The van der Waals surface area contributed by atoms with Gasteiger partial charge in [-0.1, -0.05) is 11.6 Å². The zero-order chi connectivity index (χ0) is 9.97. The van der Waals surface area contributed by atoms with E-state index in [4.69, 9.17) is 5.11 Å². The van der Waals surface area contributed by atoms with Crippen LogP contribution in [0.3, 0.4) is 0 Å². The molecule has 1 aromatic rings. The van der Waals surface area contributed by atoms with E-state index in [1.807, 2.05) is 24.3 Å². The molecule has 1 aliphatic rings. The van der Waals surface area contributed by atoms with Gasteiger partial charge in [-0.3, -0.25) is 9.78 Å². The molecule has 0 bridgehead atoms. The Morgan fingerprint density at radius 2 is 2.29 bits per heavy atom. The second-order valence-corrected chi connectivity index (χ2v) is 3.50. The first-order chi connectivity index (χ1) is 6.75. The van der Waals surface area contributed by atoms with Crippen LogP contribution in [0.15, 0.2) is 30.0 Å². The Hall–Kier alpha value is -1.64. The van der Waals surface area contributed by atoms with E-state index >= 15 is 0 Å². The van der Waals surface area contributed by atoms with Gasteiger partial charge in [-0.2, -0.15) is 0 Å². The highest BCUT2D eigenvalue weighted by atomic mass is 16.4. The van der Waals surface area contributed by atoms with E-state index in [0.717, 1.165) is 5.69 Å². The minimum atomic E-state index is -0.692. The van der Waals surface area contributed by atoms with Crippen molar-refractivity contribution in [2.75, 3.05) is 0 Å². The van der Waals surface area contributed by atoms with Crippen molar-refractivity contribution in [1.82, 2.24) is 4.98 Å². The number of aromatic nitrogens is 1. The summed E-state index contributed by atoms with van der Waals surface area (Å²) >= 11 is 0. The third-order valence-corrected chi connectivity index (χ3v) is 2.41. The van der Waals surface area contributed by atoms with Crippen molar-refractivity contribution in [3.05, 3.63) is 35.7 Å². The van der Waals surface area contributed by atoms with Gasteiger partial charge in [0.15, 0.2) is 0 Å². The molecule has 0 amide bonds. The van der Waals surface area contributed by atoms with Crippen LogP contribution >= 0.6 is 0 Å². The first-order valence-electron chi connectivity index (χ1n) is 4.59. The standard InChI is InChI=1S/C11H11NO2/c13-11(14)9-5-8(6-9)7-10-3-1-2-4-12-10/h1-4,7,9H,5-6H2,(H,13,14). The highest BCUT2D eigenvalue weighted by molar-refractivity contribution is 5.74. The number of hydrogen-bond acceptors (Lipinski definition) is 2. The molecule has 0 radical (unpaired) electrons. The lowest BCUT2D eigenvalue weighted by molar-refractivity contribution is -0.143. The maximum atomic E-state index is 10.5. The fourth-order valence-corrected chi connectivity index (χ4v) is 1.54. The Morgan fingerprint density at radius 1 is 1.50 bits per heavy atom. The number of rotatable bonds is 2. The molecule has 72 valence electrons. The molecule has 0 unspecified atom stereocenters. The number of hydrogen-bond donors (Lipinski definition) is 1. The molecular weight excluding hydrogens is 178 g/mol. The van der Waals surface area contributed by atoms with Gasteiger partial charge in [0.05, 0.1) is 11.6 Å². The molecular formula is C11H11NO2. The van der Waals surface area contributed by atoms with Crippen LogP contribution in [-0.2, 0) is 4.79 Å². The average Bonchev–Trinajstić information content (AvgIpc) is 2.12. The minimum Gasteiger partial charge on any atom is -0.481 e. The number of carbonyl (C=O) groups is 1. The molecule has 1 aromatic heterocycles. The second-order valence-electron chi connectivity index (χ2n) is 3.50. The zero-order valence-corrected chi connectivity index (χ0v) is 7.68. The summed E-state index contributed by atoms with van der Waals surface area (Å²) in [6.45, 7) is 0. The Morgan fingerprint density at radius 3 is 2.86 bits per heavy atom. The van der Waals surface area contributed by atoms with Crippen LogP contribution < -0.4 is 0 Å². The van der Waals surface area contributed by atoms with Crippen molar-refractivity contribution in [3.63, 3.8) is 0 Å². The van der Waals surface area contributed by atoms with Crippen LogP contribution in [0.2, 0.25) is 0 Å². The number of carboxylic acids is 1. The van der Waals surface area contributed by atoms with Gasteiger partial charge in [0.2, 0.25) is 0 Å². The average molecular weight is 189 g/mol. The Kier molecular flexibility index (Phi) is 2.31. The number of nitrogens with zero attached hydrogens (tertiary/aromatic N) is 1. The number of pyridine rings is 1. The molecule has 0 spiro atoms. The molecule has 1 fully saturated rings. The van der Waals surface area contributed by atoms with Crippen LogP contribution in [0.25, 0.3) is 6.08 Å². The third-order valence-electron chi connectivity index (χ3n) is 2.41. The topological polar surface area (TPSA) is 50.2 Å². The lowest BCUT2D eigenvalue weighted by Gasteiger charge is -2.25. The molecule has 1 heterocycles. The molecule has 3 heteroatoms. The van der Waals surface area contributed by atoms with Crippen LogP contribution in [0.4, 0.5) is 0 Å². The monoisotopic (exact) mass is 189 g/mol. The van der Waals surface area contributed by atoms with Gasteiger partial charge in [0.1, 0.15) is 0 Å². The van der Waals surface area contributed by atoms with Crippen LogP contribution in [-0.4, -0.2) is 16.1 Å². The van der Waals surface area contributed by atoms with Gasteiger partial charge in [-0.25, -0.2) is 0 Å². The Balaban J connectivity index is 2.00. The summed E-state index contributed by atoms with van der Waals surface area (Å²) in [6, 6.07) is 5.71. The van der Waals surface area contributed by atoms with Crippen molar-refractivity contribution in [3.8, 4) is 0 Å². The molecule has 1 saturated carbocycles. The van der Waals surface area contributed by atoms with Crippen molar-refractivity contribution >= 4 is 12.0 Å². The summed E-state index contributed by atoms with van der Waals surface area (Å²) in [6.07, 6.45) is 5.05. The van der Waals surface area contributed by atoms with E-state index in [0.29, 0.717) is 12.8 Å². The minimum absolute atomic E-state index is 0.176. The highest BCUT2D eigenvalue weighted by Crippen LogP contribution is 2.34. The third kappa shape index (κ3) is 1.82. The fraction of sp³-hybridized carbons (Fsp3) is 0.273. The van der Waals surface area contributed by atoms with E-state index in [2.05, 4.69) is 4.98 Å². The summed E-state index contributed by atoms with van der Waals surface area (Å²) < 4.78 is 0. The van der Waals surface area contributed by atoms with E-state index in [-0.39, 0.29) is 5.92 Å². The van der Waals surface area contributed by atoms with Crippen LogP contribution in [0, 0.1) is 5.92 Å². The molecule has 14 heavy (non-hydrogen) atoms. The first kappa shape index (κ1) is 8.94. The molecule has 0 aliphatic heterocycles. The molecule has 1 aliphatic carbocycles. The molecule has 3 nitrogen and oxygen atoms in total. The lowest BCUT2D eigenvalue weighted by atomic mass is 9.80. The van der Waals surface area contributed by atoms with Crippen molar-refractivity contribution in [1.29, 1.82) is 0 Å². The number of aliphatic carboxylic acids is 1. The quantitative estimate of drug-likeness (QED) is 0.773.